The molecule has 8 nitrogen and oxygen atoms in total. The van der Waals surface area contributed by atoms with E-state index in [2.05, 4.69) is 84.6 Å². The van der Waals surface area contributed by atoms with Crippen LogP contribution in [0.3, 0.4) is 0 Å². The van der Waals surface area contributed by atoms with E-state index in [9.17, 15) is 0 Å². The van der Waals surface area contributed by atoms with Crippen molar-refractivity contribution < 1.29 is 4.52 Å². The Morgan fingerprint density at radius 1 is 1.06 bits per heavy atom. The van der Waals surface area contributed by atoms with E-state index in [0.717, 1.165) is 50.5 Å². The predicted molar refractivity (Wildman–Crippen MR) is 133 cm³/mol. The van der Waals surface area contributed by atoms with Crippen molar-refractivity contribution in [2.45, 2.75) is 44.2 Å². The van der Waals surface area contributed by atoms with Gasteiger partial charge in [0.25, 0.3) is 0 Å². The predicted octanol–water partition coefficient (Wildman–Crippen LogP) is 3.64. The summed E-state index contributed by atoms with van der Waals surface area (Å²) in [5.74, 6) is 2.30. The van der Waals surface area contributed by atoms with Crippen molar-refractivity contribution in [2.24, 2.45) is 0 Å². The van der Waals surface area contributed by atoms with Gasteiger partial charge in [0.1, 0.15) is 12.2 Å². The van der Waals surface area contributed by atoms with E-state index in [4.69, 9.17) is 9.62 Å². The molecule has 2 fully saturated rings. The molecule has 0 aliphatic carbocycles. The molecule has 0 saturated carbocycles. The van der Waals surface area contributed by atoms with Crippen LogP contribution in [0.15, 0.2) is 65.4 Å². The minimum Gasteiger partial charge on any atom is -0.339 e. The first-order valence-electron chi connectivity index (χ1n) is 12.5. The lowest BCUT2D eigenvalue weighted by atomic mass is 9.76. The Balaban J connectivity index is 1.44. The van der Waals surface area contributed by atoms with Crippen LogP contribution in [0.25, 0.3) is 11.4 Å². The van der Waals surface area contributed by atoms with Crippen molar-refractivity contribution >= 4 is 0 Å². The van der Waals surface area contributed by atoms with E-state index < -0.39 is 0 Å². The maximum atomic E-state index is 5.19. The molecular formula is C27H31N7O. The van der Waals surface area contributed by atoms with Crippen molar-refractivity contribution in [3.63, 3.8) is 0 Å². The topological polar surface area (TPSA) is 84.9 Å². The highest BCUT2D eigenvalue weighted by atomic mass is 16.5. The molecular weight excluding hydrogens is 438 g/mol. The lowest BCUT2D eigenvalue weighted by Gasteiger charge is -2.44. The number of aryl methyl sites for hydroxylation is 1. The van der Waals surface area contributed by atoms with Gasteiger partial charge in [-0.25, -0.2) is 0 Å². The van der Waals surface area contributed by atoms with E-state index in [1.807, 2.05) is 13.3 Å². The summed E-state index contributed by atoms with van der Waals surface area (Å²) in [7, 11) is 0. The second kappa shape index (κ2) is 9.36. The molecule has 0 bridgehead atoms. The maximum absolute atomic E-state index is 5.19. The molecule has 2 aromatic heterocycles. The van der Waals surface area contributed by atoms with Gasteiger partial charge in [0.05, 0.1) is 12.5 Å². The van der Waals surface area contributed by atoms with E-state index in [1.165, 1.54) is 24.0 Å². The van der Waals surface area contributed by atoms with Gasteiger partial charge in [-0.3, -0.25) is 4.90 Å². The monoisotopic (exact) mass is 469 g/mol. The highest BCUT2D eigenvalue weighted by Crippen LogP contribution is 2.44. The number of hydrogen-bond donors (Lipinski definition) is 1. The van der Waals surface area contributed by atoms with Crippen LogP contribution < -0.4 is 5.32 Å². The number of rotatable bonds is 7. The molecule has 4 heterocycles. The molecule has 180 valence electrons. The molecule has 6 rings (SSSR count). The zero-order valence-corrected chi connectivity index (χ0v) is 20.1. The van der Waals surface area contributed by atoms with Crippen LogP contribution in [0.2, 0.25) is 0 Å². The van der Waals surface area contributed by atoms with Crippen LogP contribution >= 0.6 is 0 Å². The molecule has 2 atom stereocenters. The van der Waals surface area contributed by atoms with Gasteiger partial charge in [-0.15, -0.1) is 10.2 Å². The SMILES string of the molecule is Cc1nc(-c2ccc(C(c3nncn3Cc3ccccc3)C3(N4CCCC4)CCNC3)cc2)no1. The van der Waals surface area contributed by atoms with Gasteiger partial charge in [-0.05, 0) is 50.0 Å². The molecule has 0 radical (unpaired) electrons. The van der Waals surface area contributed by atoms with Gasteiger partial charge >= 0.3 is 0 Å². The summed E-state index contributed by atoms with van der Waals surface area (Å²) in [6.07, 6.45) is 5.47. The Hall–Kier alpha value is -3.36. The van der Waals surface area contributed by atoms with E-state index in [0.29, 0.717) is 11.7 Å². The molecule has 2 aliphatic heterocycles. The third-order valence-electron chi connectivity index (χ3n) is 7.57. The summed E-state index contributed by atoms with van der Waals surface area (Å²) in [6.45, 7) is 6.79. The van der Waals surface area contributed by atoms with Gasteiger partial charge < -0.3 is 14.4 Å². The van der Waals surface area contributed by atoms with Crippen LogP contribution in [0.5, 0.6) is 0 Å². The van der Waals surface area contributed by atoms with Crippen molar-refractivity contribution in [3.8, 4) is 11.4 Å². The van der Waals surface area contributed by atoms with Crippen molar-refractivity contribution in [1.29, 1.82) is 0 Å². The van der Waals surface area contributed by atoms with Crippen LogP contribution in [0.4, 0.5) is 0 Å². The highest BCUT2D eigenvalue weighted by molar-refractivity contribution is 5.55. The summed E-state index contributed by atoms with van der Waals surface area (Å²) >= 11 is 0. The second-order valence-electron chi connectivity index (χ2n) is 9.72. The molecule has 2 aromatic carbocycles. The fourth-order valence-electron chi connectivity index (χ4n) is 5.89. The fourth-order valence-corrected chi connectivity index (χ4v) is 5.89. The lowest BCUT2D eigenvalue weighted by molar-refractivity contribution is 0.112. The normalized spacial score (nSPS) is 21.5. The summed E-state index contributed by atoms with van der Waals surface area (Å²) in [5.41, 5.74) is 3.40. The minimum atomic E-state index is -0.0395. The number of nitrogens with zero attached hydrogens (tertiary/aromatic N) is 6. The molecule has 1 N–H and O–H groups in total. The van der Waals surface area contributed by atoms with Gasteiger partial charge in [-0.1, -0.05) is 59.8 Å². The van der Waals surface area contributed by atoms with Gasteiger partial charge in [0.2, 0.25) is 11.7 Å². The number of benzene rings is 2. The molecule has 35 heavy (non-hydrogen) atoms. The number of aromatic nitrogens is 5. The standard InChI is InChI=1S/C27H31N7O/c1-20-30-25(32-35-20)23-11-9-22(10-12-23)24(27(13-14-28-18-27)34-15-5-6-16-34)26-31-29-19-33(26)17-21-7-3-2-4-8-21/h2-4,7-12,19,24,28H,5-6,13-18H2,1H3. The third-order valence-corrected chi connectivity index (χ3v) is 7.57. The average molecular weight is 470 g/mol. The number of likely N-dealkylation sites (tertiary alicyclic amines) is 1. The average Bonchev–Trinajstić information content (AvgIpc) is 3.70. The van der Waals surface area contributed by atoms with Gasteiger partial charge in [0, 0.05) is 24.6 Å². The summed E-state index contributed by atoms with van der Waals surface area (Å²) in [4.78, 5) is 7.10. The van der Waals surface area contributed by atoms with Crippen molar-refractivity contribution in [3.05, 3.63) is 83.8 Å². The van der Waals surface area contributed by atoms with E-state index in [1.54, 1.807) is 0 Å². The Labute approximate surface area is 205 Å². The second-order valence-corrected chi connectivity index (χ2v) is 9.72. The Morgan fingerprint density at radius 2 is 1.86 bits per heavy atom. The number of nitrogens with one attached hydrogen (secondary N) is 1. The first kappa shape index (κ1) is 22.1. The number of hydrogen-bond acceptors (Lipinski definition) is 7. The zero-order valence-electron chi connectivity index (χ0n) is 20.1. The van der Waals surface area contributed by atoms with Gasteiger partial charge in [0.15, 0.2) is 0 Å². The first-order valence-corrected chi connectivity index (χ1v) is 12.5. The molecule has 0 amide bonds. The van der Waals surface area contributed by atoms with Crippen LogP contribution in [0.1, 0.15) is 48.0 Å². The smallest absolute Gasteiger partial charge is 0.223 e. The summed E-state index contributed by atoms with van der Waals surface area (Å²) in [6, 6.07) is 19.2. The lowest BCUT2D eigenvalue weighted by Crippen LogP contribution is -2.54. The first-order chi connectivity index (χ1) is 17.2. The molecule has 4 aromatic rings. The fraction of sp³-hybridized carbons (Fsp3) is 0.407. The van der Waals surface area contributed by atoms with Crippen molar-refractivity contribution in [2.75, 3.05) is 26.2 Å². The summed E-state index contributed by atoms with van der Waals surface area (Å²) in [5, 5.41) is 16.9. The maximum Gasteiger partial charge on any atom is 0.223 e. The molecule has 0 spiro atoms. The Bertz CT molecular complexity index is 1250. The Morgan fingerprint density at radius 3 is 2.54 bits per heavy atom. The largest absolute Gasteiger partial charge is 0.339 e. The van der Waals surface area contributed by atoms with E-state index >= 15 is 0 Å². The highest BCUT2D eigenvalue weighted by Gasteiger charge is 2.49. The minimum absolute atomic E-state index is 0.0395. The van der Waals surface area contributed by atoms with Crippen LogP contribution in [-0.4, -0.2) is 61.5 Å². The molecule has 2 aliphatic rings. The quantitative estimate of drug-likeness (QED) is 0.442. The van der Waals surface area contributed by atoms with Gasteiger partial charge in [-0.2, -0.15) is 4.98 Å². The van der Waals surface area contributed by atoms with E-state index in [-0.39, 0.29) is 11.5 Å². The Kier molecular flexibility index (Phi) is 5.91. The molecule has 8 heteroatoms. The third kappa shape index (κ3) is 4.17. The zero-order chi connectivity index (χ0) is 23.7. The van der Waals surface area contributed by atoms with Crippen LogP contribution in [0, 0.1) is 6.92 Å². The van der Waals surface area contributed by atoms with Crippen LogP contribution in [-0.2, 0) is 6.54 Å². The molecule has 2 saturated heterocycles. The van der Waals surface area contributed by atoms with Crippen molar-refractivity contribution in [1.82, 2.24) is 35.1 Å². The molecule has 2 unspecified atom stereocenters. The summed E-state index contributed by atoms with van der Waals surface area (Å²) < 4.78 is 7.42.